The minimum atomic E-state index is 0.0456. The van der Waals surface area contributed by atoms with Gasteiger partial charge in [0.2, 0.25) is 5.12 Å². The highest BCUT2D eigenvalue weighted by Gasteiger charge is 2.09. The number of thioether (sulfide) groups is 1. The van der Waals surface area contributed by atoms with Crippen LogP contribution >= 0.6 is 11.8 Å². The quantitative estimate of drug-likeness (QED) is 0.636. The molecule has 0 amide bonds. The third-order valence-electron chi connectivity index (χ3n) is 2.64. The molecule has 0 saturated heterocycles. The molecule has 1 aromatic heterocycles. The van der Waals surface area contributed by atoms with Gasteiger partial charge >= 0.3 is 0 Å². The van der Waals surface area contributed by atoms with Crippen molar-refractivity contribution in [3.05, 3.63) is 66.4 Å². The van der Waals surface area contributed by atoms with Crippen molar-refractivity contribution in [2.24, 2.45) is 0 Å². The van der Waals surface area contributed by atoms with Crippen LogP contribution in [0.5, 0.6) is 0 Å². The van der Waals surface area contributed by atoms with Crippen LogP contribution in [0, 0.1) is 0 Å². The molecule has 0 unspecified atom stereocenters. The van der Waals surface area contributed by atoms with Gasteiger partial charge in [-0.3, -0.25) is 4.79 Å². The smallest absolute Gasteiger partial charge is 0.224 e. The maximum atomic E-state index is 12.1. The summed E-state index contributed by atoms with van der Waals surface area (Å²) in [6.45, 7) is 0. The van der Waals surface area contributed by atoms with E-state index in [1.165, 1.54) is 11.8 Å². The highest BCUT2D eigenvalue weighted by atomic mass is 32.2. The van der Waals surface area contributed by atoms with Crippen molar-refractivity contribution >= 4 is 27.8 Å². The van der Waals surface area contributed by atoms with E-state index in [1.807, 2.05) is 48.5 Å². The number of rotatable bonds is 2. The van der Waals surface area contributed by atoms with Crippen molar-refractivity contribution in [2.45, 2.75) is 4.90 Å². The van der Waals surface area contributed by atoms with Crippen LogP contribution in [-0.2, 0) is 0 Å². The summed E-state index contributed by atoms with van der Waals surface area (Å²) in [4.78, 5) is 13.1. The minimum Gasteiger partial charge on any atom is -0.464 e. The monoisotopic (exact) mass is 254 g/mol. The predicted octanol–water partition coefficient (Wildman–Crippen LogP) is 4.37. The number of carbonyl (C=O) groups is 1. The lowest BCUT2D eigenvalue weighted by atomic mass is 10.2. The number of hydrogen-bond acceptors (Lipinski definition) is 3. The Balaban J connectivity index is 1.87. The molecular formula is C15H10O2S. The minimum absolute atomic E-state index is 0.0456. The number of furan rings is 1. The average molecular weight is 254 g/mol. The molecule has 2 aromatic carbocycles. The number of hydrogen-bond donors (Lipinski definition) is 0. The molecule has 18 heavy (non-hydrogen) atoms. The van der Waals surface area contributed by atoms with Gasteiger partial charge in [0.15, 0.2) is 0 Å². The van der Waals surface area contributed by atoms with Gasteiger partial charge in [0.1, 0.15) is 5.58 Å². The summed E-state index contributed by atoms with van der Waals surface area (Å²) in [7, 11) is 0. The summed E-state index contributed by atoms with van der Waals surface area (Å²) in [5, 5.41) is 0.999. The van der Waals surface area contributed by atoms with Crippen LogP contribution in [0.1, 0.15) is 10.4 Å². The van der Waals surface area contributed by atoms with E-state index in [0.29, 0.717) is 5.56 Å². The lowest BCUT2D eigenvalue weighted by Gasteiger charge is -2.00. The zero-order chi connectivity index (χ0) is 12.4. The van der Waals surface area contributed by atoms with Gasteiger partial charge in [-0.05, 0) is 48.2 Å². The molecule has 88 valence electrons. The van der Waals surface area contributed by atoms with Crippen LogP contribution in [0.4, 0.5) is 0 Å². The van der Waals surface area contributed by atoms with E-state index >= 15 is 0 Å². The van der Waals surface area contributed by atoms with Gasteiger partial charge in [0.05, 0.1) is 6.26 Å². The lowest BCUT2D eigenvalue weighted by molar-refractivity contribution is 0.108. The van der Waals surface area contributed by atoms with Crippen molar-refractivity contribution in [3.63, 3.8) is 0 Å². The summed E-state index contributed by atoms with van der Waals surface area (Å²) in [5.74, 6) is 0. The van der Waals surface area contributed by atoms with Crippen LogP contribution in [0.25, 0.3) is 11.0 Å². The van der Waals surface area contributed by atoms with Crippen LogP contribution in [0.2, 0.25) is 0 Å². The molecule has 3 aromatic rings. The van der Waals surface area contributed by atoms with E-state index in [0.717, 1.165) is 15.9 Å². The van der Waals surface area contributed by atoms with E-state index < -0.39 is 0 Å². The second kappa shape index (κ2) is 4.70. The van der Waals surface area contributed by atoms with Crippen molar-refractivity contribution in [1.82, 2.24) is 0 Å². The van der Waals surface area contributed by atoms with E-state index in [4.69, 9.17) is 4.42 Å². The standard InChI is InChI=1S/C15H10O2S/c16-15(18-13-4-2-1-3-5-13)12-6-7-14-11(10-12)8-9-17-14/h1-10H. The molecule has 0 bridgehead atoms. The van der Waals surface area contributed by atoms with Crippen LogP contribution in [-0.4, -0.2) is 5.12 Å². The SMILES string of the molecule is O=C(Sc1ccccc1)c1ccc2occc2c1. The van der Waals surface area contributed by atoms with Gasteiger partial charge < -0.3 is 4.42 Å². The van der Waals surface area contributed by atoms with E-state index in [-0.39, 0.29) is 5.12 Å². The summed E-state index contributed by atoms with van der Waals surface area (Å²) < 4.78 is 5.25. The molecule has 2 nitrogen and oxygen atoms in total. The van der Waals surface area contributed by atoms with Crippen molar-refractivity contribution in [1.29, 1.82) is 0 Å². The van der Waals surface area contributed by atoms with Gasteiger partial charge in [-0.25, -0.2) is 0 Å². The molecule has 0 N–H and O–H groups in total. The molecule has 0 saturated carbocycles. The molecule has 0 aliphatic carbocycles. The third-order valence-corrected chi connectivity index (χ3v) is 3.57. The Morgan fingerprint density at radius 3 is 2.67 bits per heavy atom. The summed E-state index contributed by atoms with van der Waals surface area (Å²) in [6.07, 6.45) is 1.63. The molecule has 3 rings (SSSR count). The Kier molecular flexibility index (Phi) is 2.90. The molecule has 3 heteroatoms. The number of carbonyl (C=O) groups excluding carboxylic acids is 1. The van der Waals surface area contributed by atoms with Gasteiger partial charge in [-0.1, -0.05) is 18.2 Å². The molecule has 0 aliphatic heterocycles. The summed E-state index contributed by atoms with van der Waals surface area (Å²) >= 11 is 1.24. The molecule has 0 radical (unpaired) electrons. The Morgan fingerprint density at radius 2 is 1.83 bits per heavy atom. The first-order valence-electron chi connectivity index (χ1n) is 5.57. The predicted molar refractivity (Wildman–Crippen MR) is 72.8 cm³/mol. The highest BCUT2D eigenvalue weighted by Crippen LogP contribution is 2.25. The zero-order valence-electron chi connectivity index (χ0n) is 9.50. The zero-order valence-corrected chi connectivity index (χ0v) is 10.3. The third kappa shape index (κ3) is 2.17. The van der Waals surface area contributed by atoms with E-state index in [1.54, 1.807) is 12.3 Å². The Morgan fingerprint density at radius 1 is 1.00 bits per heavy atom. The van der Waals surface area contributed by atoms with E-state index in [9.17, 15) is 4.79 Å². The summed E-state index contributed by atoms with van der Waals surface area (Å²) in [6, 6.07) is 17.0. The first kappa shape index (κ1) is 11.1. The van der Waals surface area contributed by atoms with E-state index in [2.05, 4.69) is 0 Å². The molecular weight excluding hydrogens is 244 g/mol. The fourth-order valence-corrected chi connectivity index (χ4v) is 2.50. The van der Waals surface area contributed by atoms with Gasteiger partial charge in [-0.15, -0.1) is 0 Å². The lowest BCUT2D eigenvalue weighted by Crippen LogP contribution is -1.92. The largest absolute Gasteiger partial charge is 0.464 e. The normalized spacial score (nSPS) is 10.7. The first-order valence-corrected chi connectivity index (χ1v) is 6.39. The van der Waals surface area contributed by atoms with Gasteiger partial charge in [-0.2, -0.15) is 0 Å². The number of benzene rings is 2. The van der Waals surface area contributed by atoms with Crippen molar-refractivity contribution < 1.29 is 9.21 Å². The molecule has 0 spiro atoms. The molecule has 0 fully saturated rings. The topological polar surface area (TPSA) is 30.2 Å². The Hall–Kier alpha value is -2.00. The number of fused-ring (bicyclic) bond motifs is 1. The van der Waals surface area contributed by atoms with Crippen LogP contribution in [0.15, 0.2) is 70.2 Å². The van der Waals surface area contributed by atoms with Crippen LogP contribution < -0.4 is 0 Å². The van der Waals surface area contributed by atoms with Gasteiger partial charge in [0, 0.05) is 15.8 Å². The Bertz CT molecular complexity index is 686. The van der Waals surface area contributed by atoms with Crippen molar-refractivity contribution in [3.8, 4) is 0 Å². The molecule has 0 atom stereocenters. The molecule has 1 heterocycles. The fraction of sp³-hybridized carbons (Fsp3) is 0. The van der Waals surface area contributed by atoms with Gasteiger partial charge in [0.25, 0.3) is 0 Å². The maximum absolute atomic E-state index is 12.1. The summed E-state index contributed by atoms with van der Waals surface area (Å²) in [5.41, 5.74) is 1.49. The Labute approximate surface area is 109 Å². The maximum Gasteiger partial charge on any atom is 0.224 e. The van der Waals surface area contributed by atoms with Crippen molar-refractivity contribution in [2.75, 3.05) is 0 Å². The fourth-order valence-electron chi connectivity index (χ4n) is 1.75. The molecule has 0 aliphatic rings. The second-order valence-electron chi connectivity index (χ2n) is 3.88. The second-order valence-corrected chi connectivity index (χ2v) is 4.92. The first-order chi connectivity index (χ1) is 8.83. The highest BCUT2D eigenvalue weighted by molar-refractivity contribution is 8.14. The van der Waals surface area contributed by atoms with Crippen LogP contribution in [0.3, 0.4) is 0 Å². The average Bonchev–Trinajstić information content (AvgIpc) is 2.87.